The van der Waals surface area contributed by atoms with Gasteiger partial charge in [0.2, 0.25) is 0 Å². The van der Waals surface area contributed by atoms with Crippen molar-refractivity contribution >= 4 is 0 Å². The molecule has 1 heterocycles. The molecule has 1 N–H and O–H groups in total. The third-order valence-electron chi connectivity index (χ3n) is 2.19. The van der Waals surface area contributed by atoms with Crippen LogP contribution in [0, 0.1) is 5.92 Å². The molecule has 0 saturated heterocycles. The number of ether oxygens (including phenoxy) is 1. The van der Waals surface area contributed by atoms with Crippen molar-refractivity contribution in [2.24, 2.45) is 5.92 Å². The minimum absolute atomic E-state index is 0.621. The van der Waals surface area contributed by atoms with E-state index in [1.807, 2.05) is 12.3 Å². The zero-order valence-electron chi connectivity index (χ0n) is 10.3. The van der Waals surface area contributed by atoms with Crippen LogP contribution in [-0.4, -0.2) is 31.3 Å². The highest BCUT2D eigenvalue weighted by atomic mass is 16.5. The summed E-state index contributed by atoms with van der Waals surface area (Å²) in [6, 6.07) is 4.07. The van der Waals surface area contributed by atoms with Gasteiger partial charge in [0.25, 0.3) is 0 Å². The van der Waals surface area contributed by atoms with E-state index in [1.54, 1.807) is 6.20 Å². The molecular formula is C13H22N2O. The molecule has 0 aromatic carbocycles. The summed E-state index contributed by atoms with van der Waals surface area (Å²) in [6.07, 6.45) is 4.74. The number of hydrogen-bond acceptors (Lipinski definition) is 3. The highest BCUT2D eigenvalue weighted by Crippen LogP contribution is 1.95. The summed E-state index contributed by atoms with van der Waals surface area (Å²) < 4.78 is 5.47. The van der Waals surface area contributed by atoms with E-state index in [9.17, 15) is 0 Å². The van der Waals surface area contributed by atoms with Gasteiger partial charge in [-0.3, -0.25) is 4.98 Å². The van der Waals surface area contributed by atoms with Crippen LogP contribution in [0.1, 0.15) is 19.4 Å². The summed E-state index contributed by atoms with van der Waals surface area (Å²) in [6.45, 7) is 7.88. The molecule has 0 spiro atoms. The van der Waals surface area contributed by atoms with Crippen molar-refractivity contribution in [1.29, 1.82) is 0 Å². The maximum atomic E-state index is 5.47. The van der Waals surface area contributed by atoms with E-state index >= 15 is 0 Å². The lowest BCUT2D eigenvalue weighted by molar-refractivity contribution is 0.112. The lowest BCUT2D eigenvalue weighted by Crippen LogP contribution is -2.23. The van der Waals surface area contributed by atoms with Crippen LogP contribution in [0.25, 0.3) is 0 Å². The van der Waals surface area contributed by atoms with Crippen LogP contribution in [0.2, 0.25) is 0 Å². The molecule has 0 bridgehead atoms. The average Bonchev–Trinajstić information content (AvgIpc) is 2.29. The molecule has 0 atom stereocenters. The van der Waals surface area contributed by atoms with E-state index in [0.29, 0.717) is 5.92 Å². The number of nitrogens with one attached hydrogen (secondary N) is 1. The van der Waals surface area contributed by atoms with Crippen molar-refractivity contribution < 1.29 is 4.74 Å². The molecule has 0 fully saturated rings. The Labute approximate surface area is 98.2 Å². The van der Waals surface area contributed by atoms with Gasteiger partial charge in [0.1, 0.15) is 0 Å². The Morgan fingerprint density at radius 2 is 2.25 bits per heavy atom. The summed E-state index contributed by atoms with van der Waals surface area (Å²) in [5.74, 6) is 0.621. The van der Waals surface area contributed by atoms with Crippen LogP contribution in [0.15, 0.2) is 24.5 Å². The van der Waals surface area contributed by atoms with Crippen molar-refractivity contribution in [2.45, 2.75) is 20.3 Å². The third-order valence-corrected chi connectivity index (χ3v) is 2.19. The number of rotatable bonds is 8. The van der Waals surface area contributed by atoms with Gasteiger partial charge in [0.15, 0.2) is 0 Å². The third kappa shape index (κ3) is 6.53. The van der Waals surface area contributed by atoms with Gasteiger partial charge < -0.3 is 10.1 Å². The van der Waals surface area contributed by atoms with E-state index in [-0.39, 0.29) is 0 Å². The quantitative estimate of drug-likeness (QED) is 0.682. The molecule has 0 aliphatic rings. The largest absolute Gasteiger partial charge is 0.380 e. The van der Waals surface area contributed by atoms with Crippen LogP contribution in [-0.2, 0) is 11.2 Å². The minimum Gasteiger partial charge on any atom is -0.380 e. The zero-order chi connectivity index (χ0) is 11.6. The molecule has 90 valence electrons. The summed E-state index contributed by atoms with van der Waals surface area (Å²) in [5.41, 5.74) is 1.28. The highest BCUT2D eigenvalue weighted by Gasteiger charge is 1.94. The molecule has 3 nitrogen and oxygen atoms in total. The van der Waals surface area contributed by atoms with E-state index in [1.165, 1.54) is 5.56 Å². The average molecular weight is 222 g/mol. The minimum atomic E-state index is 0.621. The molecule has 16 heavy (non-hydrogen) atoms. The van der Waals surface area contributed by atoms with Crippen molar-refractivity contribution in [3.8, 4) is 0 Å². The Bertz CT molecular complexity index is 262. The molecule has 3 heteroatoms. The number of pyridine rings is 1. The van der Waals surface area contributed by atoms with Gasteiger partial charge in [-0.25, -0.2) is 0 Å². The summed E-state index contributed by atoms with van der Waals surface area (Å²) in [7, 11) is 0. The van der Waals surface area contributed by atoms with Gasteiger partial charge in [0.05, 0.1) is 6.61 Å². The molecule has 0 saturated carbocycles. The Kier molecular flexibility index (Phi) is 6.77. The SMILES string of the molecule is CC(C)COCCNCCc1cccnc1. The van der Waals surface area contributed by atoms with Crippen LogP contribution < -0.4 is 5.32 Å². The van der Waals surface area contributed by atoms with Crippen molar-refractivity contribution in [3.63, 3.8) is 0 Å². The summed E-state index contributed by atoms with van der Waals surface area (Å²) in [4.78, 5) is 4.08. The van der Waals surface area contributed by atoms with E-state index in [4.69, 9.17) is 4.74 Å². The molecule has 1 aromatic rings. The molecule has 1 aromatic heterocycles. The molecular weight excluding hydrogens is 200 g/mol. The van der Waals surface area contributed by atoms with Crippen LogP contribution >= 0.6 is 0 Å². The Balaban J connectivity index is 1.93. The second-order valence-electron chi connectivity index (χ2n) is 4.33. The first-order valence-electron chi connectivity index (χ1n) is 5.96. The first kappa shape index (κ1) is 13.1. The number of hydrogen-bond donors (Lipinski definition) is 1. The van der Waals surface area contributed by atoms with Gasteiger partial charge in [0, 0.05) is 25.5 Å². The predicted octanol–water partition coefficient (Wildman–Crippen LogP) is 1.89. The maximum Gasteiger partial charge on any atom is 0.0591 e. The first-order chi connectivity index (χ1) is 7.79. The second-order valence-corrected chi connectivity index (χ2v) is 4.33. The van der Waals surface area contributed by atoms with Gasteiger partial charge in [-0.15, -0.1) is 0 Å². The topological polar surface area (TPSA) is 34.1 Å². The van der Waals surface area contributed by atoms with Gasteiger partial charge in [-0.2, -0.15) is 0 Å². The van der Waals surface area contributed by atoms with E-state index < -0.39 is 0 Å². The molecule has 0 amide bonds. The summed E-state index contributed by atoms with van der Waals surface area (Å²) >= 11 is 0. The van der Waals surface area contributed by atoms with Crippen LogP contribution in [0.3, 0.4) is 0 Å². The van der Waals surface area contributed by atoms with Crippen molar-refractivity contribution in [1.82, 2.24) is 10.3 Å². The van der Waals surface area contributed by atoms with Gasteiger partial charge in [-0.1, -0.05) is 19.9 Å². The van der Waals surface area contributed by atoms with Crippen LogP contribution in [0.4, 0.5) is 0 Å². The van der Waals surface area contributed by atoms with Gasteiger partial charge >= 0.3 is 0 Å². The molecule has 0 unspecified atom stereocenters. The lowest BCUT2D eigenvalue weighted by atomic mass is 10.2. The van der Waals surface area contributed by atoms with E-state index in [2.05, 4.69) is 30.2 Å². The standard InChI is InChI=1S/C13H22N2O/c1-12(2)11-16-9-8-14-7-5-13-4-3-6-15-10-13/h3-4,6,10,12,14H,5,7-9,11H2,1-2H3. The highest BCUT2D eigenvalue weighted by molar-refractivity contribution is 5.08. The molecule has 0 aliphatic heterocycles. The van der Waals surface area contributed by atoms with Crippen LogP contribution in [0.5, 0.6) is 0 Å². The normalized spacial score (nSPS) is 10.9. The zero-order valence-corrected chi connectivity index (χ0v) is 10.3. The maximum absolute atomic E-state index is 5.47. The summed E-state index contributed by atoms with van der Waals surface area (Å²) in [5, 5.41) is 3.35. The fraction of sp³-hybridized carbons (Fsp3) is 0.615. The molecule has 1 rings (SSSR count). The van der Waals surface area contributed by atoms with E-state index in [0.717, 1.165) is 32.7 Å². The number of nitrogens with zero attached hydrogens (tertiary/aromatic N) is 1. The smallest absolute Gasteiger partial charge is 0.0591 e. The fourth-order valence-corrected chi connectivity index (χ4v) is 1.37. The second kappa shape index (κ2) is 8.25. The van der Waals surface area contributed by atoms with Gasteiger partial charge in [-0.05, 0) is 30.5 Å². The Morgan fingerprint density at radius 1 is 1.38 bits per heavy atom. The molecule has 0 radical (unpaired) electrons. The predicted molar refractivity (Wildman–Crippen MR) is 66.5 cm³/mol. The van der Waals surface area contributed by atoms with Crippen molar-refractivity contribution in [2.75, 3.05) is 26.3 Å². The lowest BCUT2D eigenvalue weighted by Gasteiger charge is -2.07. The Morgan fingerprint density at radius 3 is 2.94 bits per heavy atom. The Hall–Kier alpha value is -0.930. The monoisotopic (exact) mass is 222 g/mol. The molecule has 0 aliphatic carbocycles. The van der Waals surface area contributed by atoms with Crippen molar-refractivity contribution in [3.05, 3.63) is 30.1 Å². The fourth-order valence-electron chi connectivity index (χ4n) is 1.37. The number of aromatic nitrogens is 1. The first-order valence-corrected chi connectivity index (χ1v) is 5.96.